The monoisotopic (exact) mass is 422 g/mol. The summed E-state index contributed by atoms with van der Waals surface area (Å²) in [5.41, 5.74) is 3.36. The number of benzene rings is 2. The van der Waals surface area contributed by atoms with Crippen LogP contribution in [0.15, 0.2) is 42.5 Å². The molecule has 162 valence electrons. The number of rotatable bonds is 9. The van der Waals surface area contributed by atoms with Crippen LogP contribution in [0.4, 0.5) is 5.69 Å². The highest BCUT2D eigenvalue weighted by atomic mass is 16.5. The van der Waals surface area contributed by atoms with E-state index < -0.39 is 18.5 Å². The Morgan fingerprint density at radius 3 is 2.42 bits per heavy atom. The third kappa shape index (κ3) is 6.50. The van der Waals surface area contributed by atoms with Crippen molar-refractivity contribution in [1.82, 2.24) is 5.32 Å². The molecular weight excluding hydrogens is 396 g/mol. The Hall–Kier alpha value is -3.48. The van der Waals surface area contributed by atoms with Crippen LogP contribution in [0.3, 0.4) is 0 Å². The van der Waals surface area contributed by atoms with Crippen molar-refractivity contribution >= 4 is 29.3 Å². The summed E-state index contributed by atoms with van der Waals surface area (Å²) in [7, 11) is 0. The molecule has 2 aromatic carbocycles. The van der Waals surface area contributed by atoms with Crippen LogP contribution in [-0.4, -0.2) is 36.2 Å². The lowest BCUT2D eigenvalue weighted by atomic mass is 10.0. The molecule has 1 saturated carbocycles. The number of esters is 1. The molecule has 0 heterocycles. The van der Waals surface area contributed by atoms with Gasteiger partial charge in [0.25, 0.3) is 11.8 Å². The summed E-state index contributed by atoms with van der Waals surface area (Å²) in [4.78, 5) is 48.6. The van der Waals surface area contributed by atoms with Crippen LogP contribution in [0, 0.1) is 13.8 Å². The number of hydrogen-bond donors (Lipinski definition) is 2. The van der Waals surface area contributed by atoms with E-state index in [9.17, 15) is 19.2 Å². The van der Waals surface area contributed by atoms with E-state index in [4.69, 9.17) is 4.74 Å². The van der Waals surface area contributed by atoms with Gasteiger partial charge in [-0.15, -0.1) is 0 Å². The number of ether oxygens (including phenoxy) is 1. The normalized spacial score (nSPS) is 12.7. The Labute approximate surface area is 181 Å². The molecule has 0 aliphatic heterocycles. The van der Waals surface area contributed by atoms with Gasteiger partial charge in [0.15, 0.2) is 12.4 Å². The van der Waals surface area contributed by atoms with Crippen molar-refractivity contribution in [2.75, 3.05) is 11.9 Å². The quantitative estimate of drug-likeness (QED) is 0.477. The second-order valence-corrected chi connectivity index (χ2v) is 7.72. The lowest BCUT2D eigenvalue weighted by Gasteiger charge is -2.11. The molecule has 0 bridgehead atoms. The van der Waals surface area contributed by atoms with E-state index >= 15 is 0 Å². The Balaban J connectivity index is 1.45. The second kappa shape index (κ2) is 10.0. The average molecular weight is 422 g/mol. The highest BCUT2D eigenvalue weighted by molar-refractivity contribution is 6.04. The number of anilines is 1. The van der Waals surface area contributed by atoms with Gasteiger partial charge in [0.2, 0.25) is 0 Å². The molecule has 0 atom stereocenters. The molecule has 7 nitrogen and oxygen atoms in total. The molecule has 7 heteroatoms. The van der Waals surface area contributed by atoms with Crippen LogP contribution in [0.5, 0.6) is 0 Å². The number of amides is 2. The van der Waals surface area contributed by atoms with Crippen LogP contribution in [0.1, 0.15) is 57.5 Å². The van der Waals surface area contributed by atoms with Crippen molar-refractivity contribution in [3.8, 4) is 0 Å². The van der Waals surface area contributed by atoms with Crippen LogP contribution < -0.4 is 10.6 Å². The summed E-state index contributed by atoms with van der Waals surface area (Å²) >= 11 is 0. The Morgan fingerprint density at radius 2 is 1.71 bits per heavy atom. The largest absolute Gasteiger partial charge is 0.456 e. The summed E-state index contributed by atoms with van der Waals surface area (Å²) in [6.07, 6.45) is 1.82. The smallest absolute Gasteiger partial charge is 0.306 e. The fraction of sp³-hybridized carbons (Fsp3) is 0.333. The summed E-state index contributed by atoms with van der Waals surface area (Å²) in [5, 5.41) is 5.47. The van der Waals surface area contributed by atoms with Crippen molar-refractivity contribution in [2.24, 2.45) is 0 Å². The molecule has 0 radical (unpaired) electrons. The van der Waals surface area contributed by atoms with Crippen molar-refractivity contribution in [2.45, 2.75) is 45.6 Å². The first-order chi connectivity index (χ1) is 14.8. The van der Waals surface area contributed by atoms with Gasteiger partial charge in [-0.2, -0.15) is 0 Å². The molecule has 0 spiro atoms. The fourth-order valence-corrected chi connectivity index (χ4v) is 2.96. The van der Waals surface area contributed by atoms with Crippen LogP contribution in [-0.2, 0) is 14.3 Å². The summed E-state index contributed by atoms with van der Waals surface area (Å²) in [6, 6.07) is 12.3. The third-order valence-corrected chi connectivity index (χ3v) is 5.11. The number of hydrogen-bond acceptors (Lipinski definition) is 5. The van der Waals surface area contributed by atoms with E-state index in [-0.39, 0.29) is 30.6 Å². The predicted octanol–water partition coefficient (Wildman–Crippen LogP) is 3.34. The van der Waals surface area contributed by atoms with Gasteiger partial charge in [0.1, 0.15) is 0 Å². The van der Waals surface area contributed by atoms with Crippen LogP contribution >= 0.6 is 0 Å². The minimum Gasteiger partial charge on any atom is -0.456 e. The number of ketones is 1. The van der Waals surface area contributed by atoms with E-state index in [1.165, 1.54) is 0 Å². The molecule has 2 amide bonds. The zero-order valence-corrected chi connectivity index (χ0v) is 17.7. The maximum atomic E-state index is 12.3. The van der Waals surface area contributed by atoms with Gasteiger partial charge in [-0.1, -0.05) is 24.3 Å². The molecule has 3 rings (SSSR count). The molecule has 1 fully saturated rings. The number of aryl methyl sites for hydroxylation is 2. The molecule has 1 aliphatic rings. The van der Waals surface area contributed by atoms with E-state index in [0.717, 1.165) is 24.0 Å². The molecular formula is C24H26N2O5. The SMILES string of the molecule is Cc1ccc(C(=O)CCC(=O)OCC(=O)Nc2ccccc2C(=O)NC2CC2)cc1C. The van der Waals surface area contributed by atoms with Gasteiger partial charge in [-0.25, -0.2) is 0 Å². The van der Waals surface area contributed by atoms with Crippen molar-refractivity contribution in [1.29, 1.82) is 0 Å². The summed E-state index contributed by atoms with van der Waals surface area (Å²) in [5.74, 6) is -1.59. The third-order valence-electron chi connectivity index (χ3n) is 5.11. The maximum Gasteiger partial charge on any atom is 0.306 e. The maximum absolute atomic E-state index is 12.3. The number of Topliss-reactive ketones (excluding diaryl/α,β-unsaturated/α-hetero) is 1. The molecule has 0 saturated heterocycles. The molecule has 0 unspecified atom stereocenters. The van der Waals surface area contributed by atoms with E-state index in [1.807, 2.05) is 19.9 Å². The summed E-state index contributed by atoms with van der Waals surface area (Å²) in [6.45, 7) is 3.39. The number of para-hydroxylation sites is 1. The van der Waals surface area contributed by atoms with E-state index in [0.29, 0.717) is 16.8 Å². The van der Waals surface area contributed by atoms with Gasteiger partial charge < -0.3 is 15.4 Å². The average Bonchev–Trinajstić information content (AvgIpc) is 3.56. The zero-order chi connectivity index (χ0) is 22.4. The first kappa shape index (κ1) is 22.2. The number of carbonyl (C=O) groups excluding carboxylic acids is 4. The first-order valence-corrected chi connectivity index (χ1v) is 10.3. The molecule has 31 heavy (non-hydrogen) atoms. The Morgan fingerprint density at radius 1 is 0.968 bits per heavy atom. The standard InChI is InChI=1S/C24H26N2O5/c1-15-7-8-17(13-16(15)2)21(27)11-12-23(29)31-14-22(28)26-20-6-4-3-5-19(20)24(30)25-18-9-10-18/h3-8,13,18H,9-12,14H2,1-2H3,(H,25,30)(H,26,28). The van der Waals surface area contributed by atoms with Gasteiger partial charge >= 0.3 is 5.97 Å². The molecule has 0 aromatic heterocycles. The predicted molar refractivity (Wildman–Crippen MR) is 116 cm³/mol. The number of carbonyl (C=O) groups is 4. The topological polar surface area (TPSA) is 102 Å². The highest BCUT2D eigenvalue weighted by Crippen LogP contribution is 2.21. The van der Waals surface area contributed by atoms with E-state index in [2.05, 4.69) is 10.6 Å². The van der Waals surface area contributed by atoms with Gasteiger partial charge in [-0.3, -0.25) is 19.2 Å². The zero-order valence-electron chi connectivity index (χ0n) is 17.7. The van der Waals surface area contributed by atoms with Crippen molar-refractivity contribution < 1.29 is 23.9 Å². The van der Waals surface area contributed by atoms with Gasteiger partial charge in [0, 0.05) is 18.0 Å². The van der Waals surface area contributed by atoms with Gasteiger partial charge in [0.05, 0.1) is 17.7 Å². The Bertz CT molecular complexity index is 1010. The van der Waals surface area contributed by atoms with Crippen molar-refractivity contribution in [3.63, 3.8) is 0 Å². The lowest BCUT2D eigenvalue weighted by molar-refractivity contribution is -0.147. The summed E-state index contributed by atoms with van der Waals surface area (Å²) < 4.78 is 4.98. The molecule has 1 aliphatic carbocycles. The molecule has 2 aromatic rings. The minimum atomic E-state index is -0.632. The van der Waals surface area contributed by atoms with E-state index in [1.54, 1.807) is 36.4 Å². The fourth-order valence-electron chi connectivity index (χ4n) is 2.96. The molecule has 2 N–H and O–H groups in total. The van der Waals surface area contributed by atoms with Crippen molar-refractivity contribution in [3.05, 3.63) is 64.7 Å². The Kier molecular flexibility index (Phi) is 7.18. The first-order valence-electron chi connectivity index (χ1n) is 10.3. The minimum absolute atomic E-state index is 0.00707. The second-order valence-electron chi connectivity index (χ2n) is 7.72. The highest BCUT2D eigenvalue weighted by Gasteiger charge is 2.25. The van der Waals surface area contributed by atoms with Gasteiger partial charge in [-0.05, 0) is 56.0 Å². The lowest BCUT2D eigenvalue weighted by Crippen LogP contribution is -2.28. The number of nitrogens with one attached hydrogen (secondary N) is 2. The van der Waals surface area contributed by atoms with Crippen LogP contribution in [0.25, 0.3) is 0 Å². The van der Waals surface area contributed by atoms with Crippen LogP contribution in [0.2, 0.25) is 0 Å².